The molecule has 92 valence electrons. The zero-order valence-corrected chi connectivity index (χ0v) is 10.6. The Kier molecular flexibility index (Phi) is 6.64. The van der Waals surface area contributed by atoms with E-state index in [0.29, 0.717) is 0 Å². The van der Waals surface area contributed by atoms with Gasteiger partial charge in [0.15, 0.2) is 0 Å². The molecule has 0 aromatic carbocycles. The quantitative estimate of drug-likeness (QED) is 0.518. The molecule has 0 fully saturated rings. The van der Waals surface area contributed by atoms with Gasteiger partial charge in [-0.25, -0.2) is 0 Å². The van der Waals surface area contributed by atoms with Crippen molar-refractivity contribution in [1.82, 2.24) is 5.32 Å². The third-order valence-corrected chi connectivity index (χ3v) is 2.37. The van der Waals surface area contributed by atoms with Crippen molar-refractivity contribution in [1.29, 1.82) is 0 Å². The lowest BCUT2D eigenvalue weighted by Gasteiger charge is -2.18. The first-order valence-corrected chi connectivity index (χ1v) is 5.44. The summed E-state index contributed by atoms with van der Waals surface area (Å²) >= 11 is 4.82. The van der Waals surface area contributed by atoms with Crippen LogP contribution in [-0.4, -0.2) is 30.5 Å². The fraction of sp³-hybridized carbons (Fsp3) is 0.700. The van der Waals surface area contributed by atoms with Gasteiger partial charge in [0.25, 0.3) is 0 Å². The van der Waals surface area contributed by atoms with Crippen LogP contribution in [0.25, 0.3) is 0 Å². The first-order chi connectivity index (χ1) is 7.40. The van der Waals surface area contributed by atoms with Crippen LogP contribution in [0.5, 0.6) is 0 Å². The summed E-state index contributed by atoms with van der Waals surface area (Å²) in [6.07, 6.45) is 0.143. The summed E-state index contributed by atoms with van der Waals surface area (Å²) in [6, 6.07) is 0. The van der Waals surface area contributed by atoms with Crippen molar-refractivity contribution in [3.63, 3.8) is 0 Å². The Labute approximate surface area is 101 Å². The van der Waals surface area contributed by atoms with E-state index in [1.165, 1.54) is 7.11 Å². The number of carbonyl (C=O) groups is 2. The number of nitrogens with two attached hydrogens (primary N) is 1. The maximum Gasteiger partial charge on any atom is 0.307 e. The number of carbonyl (C=O) groups excluding carboxylic acids is 2. The van der Waals surface area contributed by atoms with Crippen LogP contribution in [0.4, 0.5) is 0 Å². The Morgan fingerprint density at radius 1 is 1.44 bits per heavy atom. The van der Waals surface area contributed by atoms with Gasteiger partial charge in [0, 0.05) is 6.54 Å². The van der Waals surface area contributed by atoms with Crippen LogP contribution in [0.15, 0.2) is 0 Å². The highest BCUT2D eigenvalue weighted by molar-refractivity contribution is 7.80. The second-order valence-electron chi connectivity index (χ2n) is 3.74. The third kappa shape index (κ3) is 5.06. The summed E-state index contributed by atoms with van der Waals surface area (Å²) in [5.41, 5.74) is 5.48. The van der Waals surface area contributed by atoms with Crippen molar-refractivity contribution in [3.8, 4) is 0 Å². The normalized spacial score (nSPS) is 12.0. The monoisotopic (exact) mass is 246 g/mol. The Balaban J connectivity index is 4.13. The molecule has 0 aliphatic heterocycles. The maximum absolute atomic E-state index is 11.7. The summed E-state index contributed by atoms with van der Waals surface area (Å²) in [5.74, 6) is -1.06. The number of ether oxygens (including phenoxy) is 1. The first-order valence-electron chi connectivity index (χ1n) is 5.04. The molecular formula is C10H18N2O3S. The van der Waals surface area contributed by atoms with Crippen molar-refractivity contribution >= 4 is 29.1 Å². The molecule has 1 amide bonds. The molecule has 0 saturated heterocycles. The predicted octanol–water partition coefficient (Wildman–Crippen LogP) is 0.224. The fourth-order valence-electron chi connectivity index (χ4n) is 1.26. The lowest BCUT2D eigenvalue weighted by atomic mass is 9.95. The van der Waals surface area contributed by atoms with E-state index in [1.54, 1.807) is 0 Å². The average molecular weight is 246 g/mol. The summed E-state index contributed by atoms with van der Waals surface area (Å²) in [4.78, 5) is 22.6. The molecule has 16 heavy (non-hydrogen) atoms. The third-order valence-electron chi connectivity index (χ3n) is 2.11. The topological polar surface area (TPSA) is 81.4 Å². The van der Waals surface area contributed by atoms with Crippen molar-refractivity contribution in [2.75, 3.05) is 13.7 Å². The summed E-state index contributed by atoms with van der Waals surface area (Å²) in [7, 11) is 1.30. The Morgan fingerprint density at radius 3 is 2.38 bits per heavy atom. The van der Waals surface area contributed by atoms with E-state index in [-0.39, 0.29) is 35.7 Å². The second kappa shape index (κ2) is 7.16. The molecule has 0 heterocycles. The molecule has 0 aliphatic carbocycles. The standard InChI is InChI=1S/C10H18N2O3S/c1-6(2)8(9(11)16)10(14)12-5-4-7(13)15-3/h6,8H,4-5H2,1-3H3,(H2,11,16)(H,12,14). The lowest BCUT2D eigenvalue weighted by Crippen LogP contribution is -2.41. The minimum Gasteiger partial charge on any atom is -0.469 e. The SMILES string of the molecule is COC(=O)CCNC(=O)C(C(N)=S)C(C)C. The van der Waals surface area contributed by atoms with E-state index in [4.69, 9.17) is 18.0 Å². The molecule has 1 atom stereocenters. The van der Waals surface area contributed by atoms with Gasteiger partial charge in [0.05, 0.1) is 24.4 Å². The molecule has 0 aromatic rings. The molecule has 0 saturated carbocycles. The van der Waals surface area contributed by atoms with Gasteiger partial charge in [-0.2, -0.15) is 0 Å². The Hall–Kier alpha value is -1.17. The van der Waals surface area contributed by atoms with Gasteiger partial charge in [0.1, 0.15) is 0 Å². The Bertz CT molecular complexity index is 279. The summed E-state index contributed by atoms with van der Waals surface area (Å²) in [6.45, 7) is 3.96. The summed E-state index contributed by atoms with van der Waals surface area (Å²) < 4.78 is 4.45. The van der Waals surface area contributed by atoms with Crippen LogP contribution < -0.4 is 11.1 Å². The molecule has 0 spiro atoms. The number of hydrogen-bond acceptors (Lipinski definition) is 4. The number of nitrogens with one attached hydrogen (secondary N) is 1. The number of methoxy groups -OCH3 is 1. The molecule has 0 radical (unpaired) electrons. The second-order valence-corrected chi connectivity index (χ2v) is 4.21. The molecule has 0 aliphatic rings. The van der Waals surface area contributed by atoms with Crippen molar-refractivity contribution < 1.29 is 14.3 Å². The number of amides is 1. The molecule has 0 aromatic heterocycles. The first kappa shape index (κ1) is 14.8. The van der Waals surface area contributed by atoms with E-state index in [9.17, 15) is 9.59 Å². The highest BCUT2D eigenvalue weighted by Gasteiger charge is 2.24. The molecule has 3 N–H and O–H groups in total. The van der Waals surface area contributed by atoms with Crippen molar-refractivity contribution in [3.05, 3.63) is 0 Å². The van der Waals surface area contributed by atoms with Crippen molar-refractivity contribution in [2.45, 2.75) is 20.3 Å². The van der Waals surface area contributed by atoms with Gasteiger partial charge in [-0.05, 0) is 5.92 Å². The van der Waals surface area contributed by atoms with Gasteiger partial charge < -0.3 is 15.8 Å². The number of hydrogen-bond donors (Lipinski definition) is 2. The molecule has 0 bridgehead atoms. The summed E-state index contributed by atoms with van der Waals surface area (Å²) in [5, 5.41) is 2.60. The Morgan fingerprint density at radius 2 is 2.00 bits per heavy atom. The van der Waals surface area contributed by atoms with E-state index in [0.717, 1.165) is 0 Å². The van der Waals surface area contributed by atoms with Crippen LogP contribution in [-0.2, 0) is 14.3 Å². The van der Waals surface area contributed by atoms with Crippen LogP contribution in [0.2, 0.25) is 0 Å². The van der Waals surface area contributed by atoms with Crippen LogP contribution in [0.3, 0.4) is 0 Å². The van der Waals surface area contributed by atoms with E-state index >= 15 is 0 Å². The lowest BCUT2D eigenvalue weighted by molar-refractivity contribution is -0.140. The molecule has 0 rings (SSSR count). The van der Waals surface area contributed by atoms with Crippen LogP contribution in [0, 0.1) is 11.8 Å². The minimum absolute atomic E-state index is 0.0376. The zero-order chi connectivity index (χ0) is 12.7. The van der Waals surface area contributed by atoms with Gasteiger partial charge in [-0.3, -0.25) is 9.59 Å². The largest absolute Gasteiger partial charge is 0.469 e. The highest BCUT2D eigenvalue weighted by atomic mass is 32.1. The minimum atomic E-state index is -0.493. The van der Waals surface area contributed by atoms with E-state index < -0.39 is 5.92 Å². The van der Waals surface area contributed by atoms with Gasteiger partial charge in [0.2, 0.25) is 5.91 Å². The zero-order valence-electron chi connectivity index (χ0n) is 9.78. The van der Waals surface area contributed by atoms with E-state index in [2.05, 4.69) is 10.1 Å². The van der Waals surface area contributed by atoms with Gasteiger partial charge in [-0.1, -0.05) is 26.1 Å². The van der Waals surface area contributed by atoms with Crippen LogP contribution >= 0.6 is 12.2 Å². The predicted molar refractivity (Wildman–Crippen MR) is 64.8 cm³/mol. The molecule has 6 heteroatoms. The number of thiocarbonyl (C=S) groups is 1. The molecule has 5 nitrogen and oxygen atoms in total. The average Bonchev–Trinajstić information content (AvgIpc) is 2.16. The molecular weight excluding hydrogens is 228 g/mol. The van der Waals surface area contributed by atoms with Crippen LogP contribution in [0.1, 0.15) is 20.3 Å². The highest BCUT2D eigenvalue weighted by Crippen LogP contribution is 2.11. The van der Waals surface area contributed by atoms with Gasteiger partial charge >= 0.3 is 5.97 Å². The van der Waals surface area contributed by atoms with Gasteiger partial charge in [-0.15, -0.1) is 0 Å². The number of esters is 1. The van der Waals surface area contributed by atoms with Crippen molar-refractivity contribution in [2.24, 2.45) is 17.6 Å². The maximum atomic E-state index is 11.7. The molecule has 1 unspecified atom stereocenters. The fourth-order valence-corrected chi connectivity index (χ4v) is 1.64. The van der Waals surface area contributed by atoms with E-state index in [1.807, 2.05) is 13.8 Å². The number of rotatable bonds is 6. The smallest absolute Gasteiger partial charge is 0.307 e.